The van der Waals surface area contributed by atoms with E-state index in [-0.39, 0.29) is 0 Å². The number of carboxylic acid groups (broad SMARTS) is 1. The lowest BCUT2D eigenvalue weighted by atomic mass is 9.88. The number of rotatable bonds is 9. The summed E-state index contributed by atoms with van der Waals surface area (Å²) in [6.07, 6.45) is 12.6. The fourth-order valence-electron chi connectivity index (χ4n) is 2.62. The zero-order chi connectivity index (χ0) is 15.3. The van der Waals surface area contributed by atoms with E-state index in [1.807, 2.05) is 0 Å². The molecule has 1 N–H and O–H groups in total. The van der Waals surface area contributed by atoms with Crippen LogP contribution >= 0.6 is 0 Å². The number of epoxide rings is 1. The lowest BCUT2D eigenvalue weighted by Crippen LogP contribution is -2.39. The highest BCUT2D eigenvalue weighted by atomic mass is 16.7. The molecule has 2 rings (SSSR count). The molecule has 5 heteroatoms. The molecule has 0 spiro atoms. The summed E-state index contributed by atoms with van der Waals surface area (Å²) in [5, 5.41) is 9.23. The molecule has 5 nitrogen and oxygen atoms in total. The van der Waals surface area contributed by atoms with Gasteiger partial charge in [0.05, 0.1) is 6.61 Å². The zero-order valence-corrected chi connectivity index (χ0v) is 12.3. The van der Waals surface area contributed by atoms with Gasteiger partial charge in [-0.05, 0) is 18.6 Å². The van der Waals surface area contributed by atoms with Crippen molar-refractivity contribution < 1.29 is 24.2 Å². The number of unbranched alkanes of at least 4 members (excludes halogenated alkanes) is 5. The van der Waals surface area contributed by atoms with Gasteiger partial charge < -0.3 is 14.6 Å². The number of esters is 1. The van der Waals surface area contributed by atoms with Crippen LogP contribution in [0, 0.1) is 0 Å². The Morgan fingerprint density at radius 1 is 1.05 bits per heavy atom. The average Bonchev–Trinajstić information content (AvgIpc) is 3.18. The number of aliphatic carboxylic acids is 1. The van der Waals surface area contributed by atoms with Crippen LogP contribution in [0.15, 0.2) is 24.3 Å². The minimum atomic E-state index is -1.57. The third-order valence-corrected chi connectivity index (χ3v) is 3.96. The summed E-state index contributed by atoms with van der Waals surface area (Å²) < 4.78 is 10.4. The summed E-state index contributed by atoms with van der Waals surface area (Å²) in [7, 11) is 0. The summed E-state index contributed by atoms with van der Waals surface area (Å²) in [6.45, 7) is 2.47. The number of ether oxygens (including phenoxy) is 2. The maximum absolute atomic E-state index is 12.1. The Hall–Kier alpha value is -1.62. The second-order valence-corrected chi connectivity index (χ2v) is 5.50. The van der Waals surface area contributed by atoms with Gasteiger partial charge in [-0.15, -0.1) is 0 Å². The van der Waals surface area contributed by atoms with Crippen molar-refractivity contribution in [2.45, 2.75) is 56.7 Å². The van der Waals surface area contributed by atoms with Gasteiger partial charge in [-0.25, -0.2) is 9.59 Å². The zero-order valence-electron chi connectivity index (χ0n) is 12.3. The first-order valence-electron chi connectivity index (χ1n) is 7.57. The fourth-order valence-corrected chi connectivity index (χ4v) is 2.62. The van der Waals surface area contributed by atoms with Crippen LogP contribution in [-0.2, 0) is 19.1 Å². The standard InChI is InChI=1S/C16H22O5/c1-2-3-4-5-6-9-12-20-14(19)16-11-8-7-10-15(16,21-16)13(17)18/h7-8,10-11H,2-6,9,12H2,1H3,(H,17,18). The predicted octanol–water partition coefficient (Wildman–Crippen LogP) is 2.61. The minimum absolute atomic E-state index is 0.309. The molecule has 2 unspecified atom stereocenters. The first kappa shape index (κ1) is 15.8. The van der Waals surface area contributed by atoms with Gasteiger partial charge in [-0.3, -0.25) is 0 Å². The van der Waals surface area contributed by atoms with E-state index in [0.717, 1.165) is 19.3 Å². The van der Waals surface area contributed by atoms with Crippen molar-refractivity contribution in [1.29, 1.82) is 0 Å². The highest BCUT2D eigenvalue weighted by Gasteiger charge is 2.79. The Morgan fingerprint density at radius 2 is 1.67 bits per heavy atom. The largest absolute Gasteiger partial charge is 0.479 e. The van der Waals surface area contributed by atoms with Gasteiger partial charge in [0.15, 0.2) is 0 Å². The Morgan fingerprint density at radius 3 is 2.33 bits per heavy atom. The molecule has 2 aliphatic rings. The first-order valence-corrected chi connectivity index (χ1v) is 7.57. The number of allylic oxidation sites excluding steroid dienone is 2. The molecule has 1 aliphatic carbocycles. The van der Waals surface area contributed by atoms with Crippen molar-refractivity contribution in [2.75, 3.05) is 6.61 Å². The number of carbonyl (C=O) groups excluding carboxylic acids is 1. The van der Waals surface area contributed by atoms with E-state index in [1.165, 1.54) is 31.4 Å². The lowest BCUT2D eigenvalue weighted by molar-refractivity contribution is -0.149. The van der Waals surface area contributed by atoms with Gasteiger partial charge in [-0.1, -0.05) is 51.2 Å². The summed E-state index contributed by atoms with van der Waals surface area (Å²) in [6, 6.07) is 0. The molecule has 0 amide bonds. The van der Waals surface area contributed by atoms with E-state index in [4.69, 9.17) is 9.47 Å². The third-order valence-electron chi connectivity index (χ3n) is 3.96. The second-order valence-electron chi connectivity index (χ2n) is 5.50. The van der Waals surface area contributed by atoms with Crippen LogP contribution in [-0.4, -0.2) is 34.9 Å². The van der Waals surface area contributed by atoms with E-state index in [0.29, 0.717) is 6.61 Å². The van der Waals surface area contributed by atoms with Crippen LogP contribution in [0.3, 0.4) is 0 Å². The van der Waals surface area contributed by atoms with Gasteiger partial charge in [0, 0.05) is 0 Å². The number of fused-ring (bicyclic) bond motifs is 1. The highest BCUT2D eigenvalue weighted by Crippen LogP contribution is 2.53. The monoisotopic (exact) mass is 294 g/mol. The first-order chi connectivity index (χ1) is 10.1. The van der Waals surface area contributed by atoms with Gasteiger partial charge >= 0.3 is 11.9 Å². The molecule has 0 radical (unpaired) electrons. The Kier molecular flexibility index (Phi) is 4.83. The molecule has 0 aromatic heterocycles. The number of hydrogen-bond acceptors (Lipinski definition) is 4. The topological polar surface area (TPSA) is 76.1 Å². The summed E-state index contributed by atoms with van der Waals surface area (Å²) >= 11 is 0. The van der Waals surface area contributed by atoms with Crippen LogP contribution in [0.2, 0.25) is 0 Å². The highest BCUT2D eigenvalue weighted by molar-refractivity contribution is 6.01. The molecule has 0 aromatic rings. The molecule has 1 fully saturated rings. The predicted molar refractivity (Wildman–Crippen MR) is 76.8 cm³/mol. The Labute approximate surface area is 124 Å². The molecule has 0 bridgehead atoms. The third kappa shape index (κ3) is 2.88. The second kappa shape index (κ2) is 6.43. The Bertz CT molecular complexity index is 467. The van der Waals surface area contributed by atoms with Gasteiger partial charge in [-0.2, -0.15) is 0 Å². The number of carbonyl (C=O) groups is 2. The van der Waals surface area contributed by atoms with Crippen LogP contribution in [0.1, 0.15) is 45.4 Å². The summed E-state index contributed by atoms with van der Waals surface area (Å²) in [5.41, 5.74) is -3.03. The quantitative estimate of drug-likeness (QED) is 0.402. The molecular formula is C16H22O5. The van der Waals surface area contributed by atoms with E-state index in [1.54, 1.807) is 12.2 Å². The molecular weight excluding hydrogens is 272 g/mol. The maximum Gasteiger partial charge on any atom is 0.346 e. The van der Waals surface area contributed by atoms with Gasteiger partial charge in [0.2, 0.25) is 11.2 Å². The molecule has 1 aliphatic heterocycles. The minimum Gasteiger partial charge on any atom is -0.479 e. The molecule has 21 heavy (non-hydrogen) atoms. The molecule has 0 aromatic carbocycles. The van der Waals surface area contributed by atoms with Gasteiger partial charge in [0.1, 0.15) is 0 Å². The maximum atomic E-state index is 12.1. The smallest absolute Gasteiger partial charge is 0.346 e. The van der Waals surface area contributed by atoms with Crippen LogP contribution < -0.4 is 0 Å². The van der Waals surface area contributed by atoms with Crippen LogP contribution in [0.4, 0.5) is 0 Å². The van der Waals surface area contributed by atoms with Crippen molar-refractivity contribution in [3.63, 3.8) is 0 Å². The van der Waals surface area contributed by atoms with Crippen LogP contribution in [0.25, 0.3) is 0 Å². The fraction of sp³-hybridized carbons (Fsp3) is 0.625. The lowest BCUT2D eigenvalue weighted by Gasteiger charge is -2.13. The van der Waals surface area contributed by atoms with E-state index >= 15 is 0 Å². The van der Waals surface area contributed by atoms with Crippen molar-refractivity contribution >= 4 is 11.9 Å². The van der Waals surface area contributed by atoms with E-state index in [2.05, 4.69) is 6.92 Å². The van der Waals surface area contributed by atoms with E-state index < -0.39 is 23.1 Å². The van der Waals surface area contributed by atoms with Gasteiger partial charge in [0.25, 0.3) is 0 Å². The molecule has 0 saturated carbocycles. The number of hydrogen-bond donors (Lipinski definition) is 1. The van der Waals surface area contributed by atoms with E-state index in [9.17, 15) is 14.7 Å². The van der Waals surface area contributed by atoms with Crippen molar-refractivity contribution in [1.82, 2.24) is 0 Å². The Balaban J connectivity index is 1.76. The summed E-state index contributed by atoms with van der Waals surface area (Å²) in [5.74, 6) is -1.78. The molecule has 1 saturated heterocycles. The molecule has 116 valence electrons. The van der Waals surface area contributed by atoms with Crippen molar-refractivity contribution in [3.8, 4) is 0 Å². The normalized spacial score (nSPS) is 29.0. The SMILES string of the molecule is CCCCCCCCOC(=O)C12C=CC=CC1(C(=O)O)O2. The van der Waals surface area contributed by atoms with Crippen molar-refractivity contribution in [3.05, 3.63) is 24.3 Å². The number of carboxylic acids is 1. The van der Waals surface area contributed by atoms with Crippen molar-refractivity contribution in [2.24, 2.45) is 0 Å². The average molecular weight is 294 g/mol. The van der Waals surface area contributed by atoms with Crippen LogP contribution in [0.5, 0.6) is 0 Å². The molecule has 1 heterocycles. The molecule has 2 atom stereocenters. The summed E-state index contributed by atoms with van der Waals surface area (Å²) in [4.78, 5) is 23.4.